The maximum atomic E-state index is 10.7. The van der Waals surface area contributed by atoms with Gasteiger partial charge in [0, 0.05) is 10.7 Å². The first-order valence-electron chi connectivity index (χ1n) is 6.75. The summed E-state index contributed by atoms with van der Waals surface area (Å²) in [4.78, 5) is 15.2. The summed E-state index contributed by atoms with van der Waals surface area (Å²) in [7, 11) is 0. The van der Waals surface area contributed by atoms with E-state index in [0.29, 0.717) is 5.75 Å². The van der Waals surface area contributed by atoms with E-state index in [1.807, 2.05) is 37.3 Å². The Morgan fingerprint density at radius 3 is 2.55 bits per heavy atom. The molecule has 2 aromatic rings. The molecule has 4 nitrogen and oxygen atoms in total. The fourth-order valence-corrected chi connectivity index (χ4v) is 2.27. The molecule has 114 valence electrons. The molecule has 0 saturated heterocycles. The molecule has 1 atom stereocenters. The topological polar surface area (TPSA) is 58.9 Å². The van der Waals surface area contributed by atoms with E-state index in [1.165, 1.54) is 6.92 Å². The first kappa shape index (κ1) is 16.2. The van der Waals surface area contributed by atoms with Crippen molar-refractivity contribution in [3.8, 4) is 5.75 Å². The lowest BCUT2D eigenvalue weighted by atomic mass is 10.2. The number of aliphatic imine (C=N–C) groups is 1. The van der Waals surface area contributed by atoms with Gasteiger partial charge in [0.15, 0.2) is 6.10 Å². The second-order valence-electron chi connectivity index (χ2n) is 4.86. The molecule has 22 heavy (non-hydrogen) atoms. The minimum absolute atomic E-state index is 0.520. The highest BCUT2D eigenvalue weighted by atomic mass is 79.9. The van der Waals surface area contributed by atoms with Crippen LogP contribution in [-0.2, 0) is 4.79 Å². The predicted octanol–water partition coefficient (Wildman–Crippen LogP) is 4.36. The van der Waals surface area contributed by atoms with E-state index >= 15 is 0 Å². The van der Waals surface area contributed by atoms with Crippen molar-refractivity contribution >= 4 is 33.8 Å². The van der Waals surface area contributed by atoms with E-state index in [9.17, 15) is 4.79 Å². The normalized spacial score (nSPS) is 12.3. The molecule has 0 radical (unpaired) electrons. The average Bonchev–Trinajstić information content (AvgIpc) is 2.47. The van der Waals surface area contributed by atoms with Crippen molar-refractivity contribution < 1.29 is 14.6 Å². The van der Waals surface area contributed by atoms with Gasteiger partial charge in [-0.1, -0.05) is 15.9 Å². The first-order chi connectivity index (χ1) is 10.5. The van der Waals surface area contributed by atoms with Crippen LogP contribution in [0.4, 0.5) is 5.69 Å². The molecule has 2 aromatic carbocycles. The molecule has 5 heteroatoms. The van der Waals surface area contributed by atoms with E-state index in [-0.39, 0.29) is 0 Å². The van der Waals surface area contributed by atoms with Crippen molar-refractivity contribution in [2.45, 2.75) is 20.0 Å². The van der Waals surface area contributed by atoms with Crippen LogP contribution in [0, 0.1) is 6.92 Å². The molecule has 0 aromatic heterocycles. The molecule has 0 aliphatic rings. The van der Waals surface area contributed by atoms with E-state index in [0.717, 1.165) is 21.3 Å². The highest BCUT2D eigenvalue weighted by Crippen LogP contribution is 2.22. The van der Waals surface area contributed by atoms with Gasteiger partial charge in [-0.05, 0) is 67.4 Å². The molecule has 1 N–H and O–H groups in total. The van der Waals surface area contributed by atoms with E-state index in [4.69, 9.17) is 9.84 Å². The molecule has 0 aliphatic heterocycles. The van der Waals surface area contributed by atoms with Gasteiger partial charge in [0.25, 0.3) is 0 Å². The number of benzene rings is 2. The number of rotatable bonds is 5. The van der Waals surface area contributed by atoms with Crippen LogP contribution in [-0.4, -0.2) is 23.4 Å². The lowest BCUT2D eigenvalue weighted by Gasteiger charge is -2.09. The summed E-state index contributed by atoms with van der Waals surface area (Å²) < 4.78 is 6.30. The van der Waals surface area contributed by atoms with Gasteiger partial charge in [0.1, 0.15) is 5.75 Å². The maximum Gasteiger partial charge on any atom is 0.344 e. The van der Waals surface area contributed by atoms with Gasteiger partial charge in [-0.3, -0.25) is 4.99 Å². The number of halogens is 1. The van der Waals surface area contributed by atoms with Crippen molar-refractivity contribution in [3.63, 3.8) is 0 Å². The fraction of sp³-hybridized carbons (Fsp3) is 0.176. The van der Waals surface area contributed by atoms with Crippen molar-refractivity contribution in [3.05, 3.63) is 58.1 Å². The quantitative estimate of drug-likeness (QED) is 0.804. The number of ether oxygens (including phenoxy) is 1. The van der Waals surface area contributed by atoms with Crippen molar-refractivity contribution in [1.82, 2.24) is 0 Å². The van der Waals surface area contributed by atoms with Gasteiger partial charge >= 0.3 is 5.97 Å². The number of aliphatic carboxylic acids is 1. The monoisotopic (exact) mass is 361 g/mol. The number of carboxylic acids is 1. The molecule has 0 heterocycles. The van der Waals surface area contributed by atoms with Crippen LogP contribution in [0.2, 0.25) is 0 Å². The number of hydrogen-bond acceptors (Lipinski definition) is 3. The predicted molar refractivity (Wildman–Crippen MR) is 90.3 cm³/mol. The molecular weight excluding hydrogens is 346 g/mol. The van der Waals surface area contributed by atoms with Crippen LogP contribution in [0.3, 0.4) is 0 Å². The van der Waals surface area contributed by atoms with Gasteiger partial charge in [0.05, 0.1) is 5.69 Å². The summed E-state index contributed by atoms with van der Waals surface area (Å²) in [5, 5.41) is 8.80. The van der Waals surface area contributed by atoms with E-state index in [1.54, 1.807) is 18.3 Å². The third kappa shape index (κ3) is 4.43. The van der Waals surface area contributed by atoms with E-state index in [2.05, 4.69) is 20.9 Å². The highest BCUT2D eigenvalue weighted by molar-refractivity contribution is 9.10. The Morgan fingerprint density at radius 1 is 1.27 bits per heavy atom. The van der Waals surface area contributed by atoms with Gasteiger partial charge in [-0.25, -0.2) is 4.79 Å². The summed E-state index contributed by atoms with van der Waals surface area (Å²) in [6.45, 7) is 3.50. The smallest absolute Gasteiger partial charge is 0.344 e. The minimum atomic E-state index is -0.989. The SMILES string of the molecule is Cc1cc(Br)ccc1N=Cc1ccc(O[C@H](C)C(=O)O)cc1. The van der Waals surface area contributed by atoms with Crippen LogP contribution in [0.1, 0.15) is 18.1 Å². The summed E-state index contributed by atoms with van der Waals surface area (Å²) in [6, 6.07) is 13.0. The molecule has 2 rings (SSSR count). The van der Waals surface area contributed by atoms with Crippen LogP contribution in [0.15, 0.2) is 51.9 Å². The summed E-state index contributed by atoms with van der Waals surface area (Å²) in [6.07, 6.45) is 0.894. The first-order valence-corrected chi connectivity index (χ1v) is 7.55. The fourth-order valence-electron chi connectivity index (χ4n) is 1.79. The Balaban J connectivity index is 2.07. The summed E-state index contributed by atoms with van der Waals surface area (Å²) in [5.41, 5.74) is 2.90. The maximum absolute atomic E-state index is 10.7. The van der Waals surface area contributed by atoms with Crippen molar-refractivity contribution in [2.75, 3.05) is 0 Å². The van der Waals surface area contributed by atoms with Crippen molar-refractivity contribution in [2.24, 2.45) is 4.99 Å². The van der Waals surface area contributed by atoms with Crippen LogP contribution < -0.4 is 4.74 Å². The third-order valence-electron chi connectivity index (χ3n) is 3.05. The number of nitrogens with zero attached hydrogens (tertiary/aromatic N) is 1. The van der Waals surface area contributed by atoms with Gasteiger partial charge < -0.3 is 9.84 Å². The Morgan fingerprint density at radius 2 is 1.95 bits per heavy atom. The number of carboxylic acid groups (broad SMARTS) is 1. The molecule has 0 saturated carbocycles. The molecule has 0 fully saturated rings. The second kappa shape index (κ2) is 7.22. The lowest BCUT2D eigenvalue weighted by molar-refractivity contribution is -0.144. The zero-order valence-electron chi connectivity index (χ0n) is 12.3. The Bertz CT molecular complexity index is 696. The zero-order chi connectivity index (χ0) is 16.1. The van der Waals surface area contributed by atoms with Gasteiger partial charge in [0.2, 0.25) is 0 Å². The third-order valence-corrected chi connectivity index (χ3v) is 3.55. The summed E-state index contributed by atoms with van der Waals surface area (Å²) >= 11 is 3.42. The highest BCUT2D eigenvalue weighted by Gasteiger charge is 2.11. The Labute approximate surface area is 137 Å². The average molecular weight is 362 g/mol. The molecule has 0 amide bonds. The number of aryl methyl sites for hydroxylation is 1. The van der Waals surface area contributed by atoms with Crippen LogP contribution >= 0.6 is 15.9 Å². The van der Waals surface area contributed by atoms with Crippen LogP contribution in [0.5, 0.6) is 5.75 Å². The standard InChI is InChI=1S/C17H16BrNO3/c1-11-9-14(18)5-8-16(11)19-10-13-3-6-15(7-4-13)22-12(2)17(20)21/h3-10,12H,1-2H3,(H,20,21)/t12-/m1/s1. The van der Waals surface area contributed by atoms with Crippen molar-refractivity contribution in [1.29, 1.82) is 0 Å². The Kier molecular flexibility index (Phi) is 5.33. The molecule has 0 bridgehead atoms. The molecule has 0 unspecified atom stereocenters. The summed E-state index contributed by atoms with van der Waals surface area (Å²) in [5.74, 6) is -0.469. The largest absolute Gasteiger partial charge is 0.479 e. The Hall–Kier alpha value is -2.14. The van der Waals surface area contributed by atoms with E-state index < -0.39 is 12.1 Å². The van der Waals surface area contributed by atoms with Gasteiger partial charge in [-0.2, -0.15) is 0 Å². The van der Waals surface area contributed by atoms with Crippen LogP contribution in [0.25, 0.3) is 0 Å². The molecule has 0 spiro atoms. The number of hydrogen-bond donors (Lipinski definition) is 1. The zero-order valence-corrected chi connectivity index (χ0v) is 13.9. The second-order valence-corrected chi connectivity index (χ2v) is 5.77. The van der Waals surface area contributed by atoms with Gasteiger partial charge in [-0.15, -0.1) is 0 Å². The minimum Gasteiger partial charge on any atom is -0.479 e. The number of carbonyl (C=O) groups is 1. The molecular formula is C17H16BrNO3. The molecule has 0 aliphatic carbocycles. The lowest BCUT2D eigenvalue weighted by Crippen LogP contribution is -2.22.